The molecule has 4 rings (SSSR count). The number of thioether (sulfide) groups is 1. The zero-order chi connectivity index (χ0) is 19.3. The fourth-order valence-electron chi connectivity index (χ4n) is 4.52. The minimum atomic E-state index is -0.493. The summed E-state index contributed by atoms with van der Waals surface area (Å²) in [5, 5.41) is 14.1. The van der Waals surface area contributed by atoms with Gasteiger partial charge in [-0.3, -0.25) is 9.80 Å². The van der Waals surface area contributed by atoms with E-state index in [2.05, 4.69) is 27.2 Å². The first-order valence-electron chi connectivity index (χ1n) is 10.5. The van der Waals surface area contributed by atoms with Crippen LogP contribution < -0.4 is 14.8 Å². The van der Waals surface area contributed by atoms with Gasteiger partial charge in [-0.15, -0.1) is 24.8 Å². The summed E-state index contributed by atoms with van der Waals surface area (Å²) in [6.45, 7) is 6.25. The molecule has 1 aromatic carbocycles. The smallest absolute Gasteiger partial charge is 0.161 e. The number of aliphatic hydroxyl groups excluding tert-OH is 1. The first-order valence-corrected chi connectivity index (χ1v) is 11.6. The molecular formula is C21H35Cl2N3O3S. The summed E-state index contributed by atoms with van der Waals surface area (Å²) >= 11 is 2.03. The maximum absolute atomic E-state index is 10.5. The molecule has 172 valence electrons. The molecule has 1 aromatic rings. The van der Waals surface area contributed by atoms with Gasteiger partial charge in [0.15, 0.2) is 11.5 Å². The number of nitrogens with one attached hydrogen (secondary N) is 1. The van der Waals surface area contributed by atoms with Crippen molar-refractivity contribution in [3.8, 4) is 11.5 Å². The van der Waals surface area contributed by atoms with E-state index in [0.717, 1.165) is 38.5 Å². The van der Waals surface area contributed by atoms with Crippen LogP contribution in [0.1, 0.15) is 18.4 Å². The predicted octanol–water partition coefficient (Wildman–Crippen LogP) is 2.26. The lowest BCUT2D eigenvalue weighted by Gasteiger charge is -2.34. The Labute approximate surface area is 196 Å². The number of benzene rings is 1. The van der Waals surface area contributed by atoms with Crippen molar-refractivity contribution in [2.45, 2.75) is 37.6 Å². The van der Waals surface area contributed by atoms with Crippen molar-refractivity contribution >= 4 is 36.6 Å². The molecule has 0 aromatic heterocycles. The Morgan fingerprint density at radius 3 is 2.47 bits per heavy atom. The summed E-state index contributed by atoms with van der Waals surface area (Å²) < 4.78 is 11.5. The maximum atomic E-state index is 10.5. The third-order valence-corrected chi connectivity index (χ3v) is 6.87. The van der Waals surface area contributed by atoms with Crippen LogP contribution in [0.15, 0.2) is 18.2 Å². The fraction of sp³-hybridized carbons (Fsp3) is 0.714. The Bertz CT molecular complexity index is 640. The van der Waals surface area contributed by atoms with Gasteiger partial charge >= 0.3 is 0 Å². The average Bonchev–Trinajstić information content (AvgIpc) is 3.05. The fourth-order valence-corrected chi connectivity index (χ4v) is 5.50. The zero-order valence-electron chi connectivity index (χ0n) is 17.6. The third kappa shape index (κ3) is 7.05. The molecule has 3 atom stereocenters. The highest BCUT2D eigenvalue weighted by Gasteiger charge is 2.32. The topological polar surface area (TPSA) is 57.2 Å². The standard InChI is InChI=1S/C21H33N3O3S.2ClH/c1-26-21-10-16(11-23-6-8-28-9-7-23)2-5-20(21)27-15-19(25)14-24-12-17-3-4-18(13-24)22-17;;/h2,5,10,17-19,22,25H,3-4,6-9,11-15H2,1H3;2*1H/t17-,18+,19?;;. The SMILES string of the molecule is COc1cc(CN2CCSCC2)ccc1OCC(O)CN1C[C@H]2CC[C@@H](C1)N2.Cl.Cl. The number of likely N-dealkylation sites (tertiary alicyclic amines) is 1. The lowest BCUT2D eigenvalue weighted by molar-refractivity contribution is 0.0558. The molecule has 3 saturated heterocycles. The first kappa shape index (κ1) is 25.8. The Hall–Kier alpha value is -0.410. The highest BCUT2D eigenvalue weighted by atomic mass is 35.5. The van der Waals surface area contributed by atoms with Gasteiger partial charge < -0.3 is 19.9 Å². The summed E-state index contributed by atoms with van der Waals surface area (Å²) in [4.78, 5) is 4.85. The number of hydrogen-bond donors (Lipinski definition) is 2. The molecule has 1 unspecified atom stereocenters. The first-order chi connectivity index (χ1) is 13.7. The van der Waals surface area contributed by atoms with Crippen LogP contribution in [0.4, 0.5) is 0 Å². The molecule has 3 aliphatic rings. The van der Waals surface area contributed by atoms with E-state index in [1.807, 2.05) is 17.8 Å². The zero-order valence-corrected chi connectivity index (χ0v) is 20.1. The monoisotopic (exact) mass is 479 g/mol. The average molecular weight is 481 g/mol. The van der Waals surface area contributed by atoms with Crippen LogP contribution in [-0.4, -0.2) is 91.0 Å². The van der Waals surface area contributed by atoms with Crippen LogP contribution in [0.3, 0.4) is 0 Å². The summed E-state index contributed by atoms with van der Waals surface area (Å²) in [5.41, 5.74) is 1.24. The van der Waals surface area contributed by atoms with Crippen molar-refractivity contribution in [3.05, 3.63) is 23.8 Å². The predicted molar refractivity (Wildman–Crippen MR) is 128 cm³/mol. The molecule has 0 aliphatic carbocycles. The highest BCUT2D eigenvalue weighted by molar-refractivity contribution is 7.99. The molecular weight excluding hydrogens is 445 g/mol. The number of methoxy groups -OCH3 is 1. The number of piperazine rings is 1. The van der Waals surface area contributed by atoms with Gasteiger partial charge in [0.1, 0.15) is 12.7 Å². The Morgan fingerprint density at radius 1 is 1.10 bits per heavy atom. The van der Waals surface area contributed by atoms with Crippen molar-refractivity contribution in [3.63, 3.8) is 0 Å². The minimum Gasteiger partial charge on any atom is -0.493 e. The lowest BCUT2D eigenvalue weighted by atomic mass is 10.2. The Morgan fingerprint density at radius 2 is 1.80 bits per heavy atom. The van der Waals surface area contributed by atoms with E-state index >= 15 is 0 Å². The van der Waals surface area contributed by atoms with E-state index in [0.29, 0.717) is 24.4 Å². The van der Waals surface area contributed by atoms with Crippen LogP contribution in [0.5, 0.6) is 11.5 Å². The number of ether oxygens (including phenoxy) is 2. The van der Waals surface area contributed by atoms with Crippen molar-refractivity contribution in [1.29, 1.82) is 0 Å². The van der Waals surface area contributed by atoms with E-state index in [1.165, 1.54) is 29.9 Å². The van der Waals surface area contributed by atoms with Crippen molar-refractivity contribution in [1.82, 2.24) is 15.1 Å². The molecule has 9 heteroatoms. The normalized spacial score (nSPS) is 25.1. The number of rotatable bonds is 8. The molecule has 2 bridgehead atoms. The van der Waals surface area contributed by atoms with Gasteiger partial charge in [0.05, 0.1) is 7.11 Å². The van der Waals surface area contributed by atoms with Crippen LogP contribution in [0, 0.1) is 0 Å². The van der Waals surface area contributed by atoms with E-state index < -0.39 is 6.10 Å². The third-order valence-electron chi connectivity index (χ3n) is 5.93. The summed E-state index contributed by atoms with van der Waals surface area (Å²) in [6.07, 6.45) is 2.02. The van der Waals surface area contributed by atoms with Gasteiger partial charge in [-0.1, -0.05) is 6.07 Å². The van der Waals surface area contributed by atoms with Crippen LogP contribution in [0.2, 0.25) is 0 Å². The van der Waals surface area contributed by atoms with Crippen LogP contribution >= 0.6 is 36.6 Å². The quantitative estimate of drug-likeness (QED) is 0.592. The minimum absolute atomic E-state index is 0. The Balaban J connectivity index is 0.00000160. The molecule has 3 aliphatic heterocycles. The highest BCUT2D eigenvalue weighted by Crippen LogP contribution is 2.29. The molecule has 0 saturated carbocycles. The second kappa shape index (κ2) is 12.6. The molecule has 6 nitrogen and oxygen atoms in total. The summed E-state index contributed by atoms with van der Waals surface area (Å²) in [6, 6.07) is 7.35. The largest absolute Gasteiger partial charge is 0.493 e. The number of nitrogens with zero attached hydrogens (tertiary/aromatic N) is 2. The van der Waals surface area contributed by atoms with Gasteiger partial charge in [-0.05, 0) is 30.5 Å². The van der Waals surface area contributed by atoms with Gasteiger partial charge in [-0.25, -0.2) is 0 Å². The van der Waals surface area contributed by atoms with Gasteiger partial charge in [0, 0.05) is 62.9 Å². The molecule has 3 heterocycles. The van der Waals surface area contributed by atoms with E-state index in [1.54, 1.807) is 7.11 Å². The number of aliphatic hydroxyl groups is 1. The Kier molecular flexibility index (Phi) is 10.8. The molecule has 30 heavy (non-hydrogen) atoms. The number of hydrogen-bond acceptors (Lipinski definition) is 7. The summed E-state index contributed by atoms with van der Waals surface area (Å²) in [7, 11) is 1.68. The number of halogens is 2. The van der Waals surface area contributed by atoms with E-state index in [-0.39, 0.29) is 31.4 Å². The number of β-amino-alcohol motifs (C(OH)–C–C–N with tert-alkyl or cyclic N) is 1. The van der Waals surface area contributed by atoms with Crippen molar-refractivity contribution in [2.75, 3.05) is 57.9 Å². The van der Waals surface area contributed by atoms with Gasteiger partial charge in [0.25, 0.3) is 0 Å². The summed E-state index contributed by atoms with van der Waals surface area (Å²) in [5.74, 6) is 3.88. The van der Waals surface area contributed by atoms with E-state index in [9.17, 15) is 5.11 Å². The van der Waals surface area contributed by atoms with E-state index in [4.69, 9.17) is 9.47 Å². The van der Waals surface area contributed by atoms with Crippen LogP contribution in [0.25, 0.3) is 0 Å². The van der Waals surface area contributed by atoms with Gasteiger partial charge in [0.2, 0.25) is 0 Å². The van der Waals surface area contributed by atoms with Gasteiger partial charge in [-0.2, -0.15) is 11.8 Å². The second-order valence-corrected chi connectivity index (χ2v) is 9.42. The van der Waals surface area contributed by atoms with Crippen molar-refractivity contribution < 1.29 is 14.6 Å². The molecule has 0 radical (unpaired) electrons. The second-order valence-electron chi connectivity index (χ2n) is 8.19. The number of fused-ring (bicyclic) bond motifs is 2. The maximum Gasteiger partial charge on any atom is 0.161 e. The van der Waals surface area contributed by atoms with Crippen molar-refractivity contribution in [2.24, 2.45) is 0 Å². The van der Waals surface area contributed by atoms with Crippen LogP contribution in [-0.2, 0) is 6.54 Å². The molecule has 2 N–H and O–H groups in total. The lowest BCUT2D eigenvalue weighted by Crippen LogP contribution is -2.53. The molecule has 3 fully saturated rings. The molecule has 0 spiro atoms. The molecule has 0 amide bonds.